The molecule has 0 aliphatic heterocycles. The maximum atomic E-state index is 3.54. The standard InChI is InChI=1S/C14H23BrN2/c1-10(2)11(3)17(5)14-7-6-13(15)8-12(14)9-16-4/h6-8,10-11,16H,9H2,1-5H3. The van der Waals surface area contributed by atoms with E-state index in [1.54, 1.807) is 0 Å². The highest BCUT2D eigenvalue weighted by Crippen LogP contribution is 2.26. The van der Waals surface area contributed by atoms with Gasteiger partial charge in [0, 0.05) is 29.8 Å². The summed E-state index contributed by atoms with van der Waals surface area (Å²) < 4.78 is 1.14. The van der Waals surface area contributed by atoms with Crippen LogP contribution in [0.3, 0.4) is 0 Å². The van der Waals surface area contributed by atoms with Crippen LogP contribution in [0.1, 0.15) is 26.3 Å². The first-order valence-electron chi connectivity index (χ1n) is 6.13. The van der Waals surface area contributed by atoms with E-state index in [1.807, 2.05) is 7.05 Å². The van der Waals surface area contributed by atoms with Crippen molar-refractivity contribution in [3.8, 4) is 0 Å². The minimum atomic E-state index is 0.534. The first kappa shape index (κ1) is 14.5. The molecular weight excluding hydrogens is 276 g/mol. The first-order valence-corrected chi connectivity index (χ1v) is 6.92. The molecule has 0 amide bonds. The molecule has 0 fully saturated rings. The fraction of sp³-hybridized carbons (Fsp3) is 0.571. The summed E-state index contributed by atoms with van der Waals surface area (Å²) in [4.78, 5) is 2.36. The van der Waals surface area contributed by atoms with Gasteiger partial charge in [-0.15, -0.1) is 0 Å². The molecule has 0 aliphatic carbocycles. The smallest absolute Gasteiger partial charge is 0.0412 e. The fourth-order valence-electron chi connectivity index (χ4n) is 1.90. The largest absolute Gasteiger partial charge is 0.371 e. The van der Waals surface area contributed by atoms with Crippen LogP contribution in [0.5, 0.6) is 0 Å². The monoisotopic (exact) mass is 298 g/mol. The second-order valence-electron chi connectivity index (χ2n) is 4.90. The Morgan fingerprint density at radius 1 is 1.29 bits per heavy atom. The molecule has 1 aromatic carbocycles. The molecule has 96 valence electrons. The molecule has 0 aromatic heterocycles. The number of halogens is 1. The maximum Gasteiger partial charge on any atom is 0.0412 e. The molecule has 1 rings (SSSR count). The lowest BCUT2D eigenvalue weighted by Crippen LogP contribution is -2.34. The quantitative estimate of drug-likeness (QED) is 0.893. The van der Waals surface area contributed by atoms with Crippen molar-refractivity contribution in [3.63, 3.8) is 0 Å². The van der Waals surface area contributed by atoms with Gasteiger partial charge in [-0.2, -0.15) is 0 Å². The molecule has 17 heavy (non-hydrogen) atoms. The van der Waals surface area contributed by atoms with Gasteiger partial charge < -0.3 is 10.2 Å². The maximum absolute atomic E-state index is 3.54. The number of rotatable bonds is 5. The van der Waals surface area contributed by atoms with Gasteiger partial charge in [-0.1, -0.05) is 29.8 Å². The van der Waals surface area contributed by atoms with Gasteiger partial charge in [-0.25, -0.2) is 0 Å². The van der Waals surface area contributed by atoms with E-state index in [-0.39, 0.29) is 0 Å². The number of anilines is 1. The van der Waals surface area contributed by atoms with Crippen molar-refractivity contribution in [2.75, 3.05) is 19.0 Å². The Morgan fingerprint density at radius 3 is 2.47 bits per heavy atom. The van der Waals surface area contributed by atoms with Crippen LogP contribution >= 0.6 is 15.9 Å². The second kappa shape index (κ2) is 6.41. The Balaban J connectivity index is 3.03. The molecule has 0 spiro atoms. The number of hydrogen-bond donors (Lipinski definition) is 1. The molecule has 0 heterocycles. The SMILES string of the molecule is CNCc1cc(Br)ccc1N(C)C(C)C(C)C. The molecule has 3 heteroatoms. The lowest BCUT2D eigenvalue weighted by atomic mass is 10.0. The van der Waals surface area contributed by atoms with Crippen LogP contribution in [-0.4, -0.2) is 20.1 Å². The third-order valence-corrected chi connectivity index (χ3v) is 3.86. The summed E-state index contributed by atoms with van der Waals surface area (Å²) in [6.45, 7) is 7.69. The van der Waals surface area contributed by atoms with Crippen molar-refractivity contribution < 1.29 is 0 Å². The third-order valence-electron chi connectivity index (χ3n) is 3.36. The van der Waals surface area contributed by atoms with E-state index in [0.29, 0.717) is 12.0 Å². The van der Waals surface area contributed by atoms with Gasteiger partial charge in [0.1, 0.15) is 0 Å². The van der Waals surface area contributed by atoms with E-state index >= 15 is 0 Å². The average Bonchev–Trinajstić information content (AvgIpc) is 2.27. The zero-order valence-corrected chi connectivity index (χ0v) is 13.0. The second-order valence-corrected chi connectivity index (χ2v) is 5.81. The minimum Gasteiger partial charge on any atom is -0.371 e. The first-order chi connectivity index (χ1) is 7.97. The van der Waals surface area contributed by atoms with E-state index in [1.165, 1.54) is 11.3 Å². The highest BCUT2D eigenvalue weighted by atomic mass is 79.9. The molecule has 0 saturated carbocycles. The van der Waals surface area contributed by atoms with Gasteiger partial charge in [-0.3, -0.25) is 0 Å². The van der Waals surface area contributed by atoms with Crippen molar-refractivity contribution in [1.82, 2.24) is 5.32 Å². The van der Waals surface area contributed by atoms with E-state index in [0.717, 1.165) is 11.0 Å². The summed E-state index contributed by atoms with van der Waals surface area (Å²) in [5, 5.41) is 3.23. The Bertz CT molecular complexity index is 363. The molecule has 2 nitrogen and oxygen atoms in total. The molecule has 0 bridgehead atoms. The Morgan fingerprint density at radius 2 is 1.94 bits per heavy atom. The van der Waals surface area contributed by atoms with Gasteiger partial charge in [0.05, 0.1) is 0 Å². The summed E-state index contributed by atoms with van der Waals surface area (Å²) in [5.74, 6) is 0.645. The van der Waals surface area contributed by atoms with Crippen molar-refractivity contribution in [2.24, 2.45) is 5.92 Å². The van der Waals surface area contributed by atoms with Gasteiger partial charge in [0.25, 0.3) is 0 Å². The molecule has 0 aliphatic rings. The van der Waals surface area contributed by atoms with Gasteiger partial charge in [-0.05, 0) is 43.7 Å². The normalized spacial score (nSPS) is 12.9. The zero-order chi connectivity index (χ0) is 13.0. The highest BCUT2D eigenvalue weighted by Gasteiger charge is 2.16. The van der Waals surface area contributed by atoms with Crippen LogP contribution in [0, 0.1) is 5.92 Å². The van der Waals surface area contributed by atoms with Gasteiger partial charge >= 0.3 is 0 Å². The number of hydrogen-bond acceptors (Lipinski definition) is 2. The molecule has 1 atom stereocenters. The third kappa shape index (κ3) is 3.71. The zero-order valence-electron chi connectivity index (χ0n) is 11.4. The van der Waals surface area contributed by atoms with Crippen molar-refractivity contribution in [2.45, 2.75) is 33.4 Å². The summed E-state index contributed by atoms with van der Waals surface area (Å²) in [7, 11) is 4.16. The molecule has 1 N–H and O–H groups in total. The Hall–Kier alpha value is -0.540. The van der Waals surface area contributed by atoms with E-state index < -0.39 is 0 Å². The van der Waals surface area contributed by atoms with Crippen LogP contribution in [0.15, 0.2) is 22.7 Å². The predicted molar refractivity (Wildman–Crippen MR) is 79.6 cm³/mol. The van der Waals surface area contributed by atoms with E-state index in [4.69, 9.17) is 0 Å². The van der Waals surface area contributed by atoms with Gasteiger partial charge in [0.2, 0.25) is 0 Å². The molecular formula is C14H23BrN2. The van der Waals surface area contributed by atoms with E-state index in [9.17, 15) is 0 Å². The predicted octanol–water partition coefficient (Wildman–Crippen LogP) is 3.65. The summed E-state index contributed by atoms with van der Waals surface area (Å²) >= 11 is 3.54. The lowest BCUT2D eigenvalue weighted by Gasteiger charge is -2.31. The topological polar surface area (TPSA) is 15.3 Å². The number of nitrogens with one attached hydrogen (secondary N) is 1. The summed E-state index contributed by atoms with van der Waals surface area (Å²) in [5.41, 5.74) is 2.64. The van der Waals surface area contributed by atoms with Crippen molar-refractivity contribution in [3.05, 3.63) is 28.2 Å². The number of benzene rings is 1. The van der Waals surface area contributed by atoms with Crippen LogP contribution < -0.4 is 10.2 Å². The van der Waals surface area contributed by atoms with Crippen LogP contribution in [0.2, 0.25) is 0 Å². The van der Waals surface area contributed by atoms with Crippen LogP contribution in [-0.2, 0) is 6.54 Å². The average molecular weight is 299 g/mol. The van der Waals surface area contributed by atoms with Crippen molar-refractivity contribution in [1.29, 1.82) is 0 Å². The van der Waals surface area contributed by atoms with Crippen LogP contribution in [0.25, 0.3) is 0 Å². The van der Waals surface area contributed by atoms with E-state index in [2.05, 4.69) is 72.2 Å². The summed E-state index contributed by atoms with van der Waals surface area (Å²) in [6, 6.07) is 7.02. The molecule has 1 aromatic rings. The molecule has 0 saturated heterocycles. The van der Waals surface area contributed by atoms with Crippen molar-refractivity contribution >= 4 is 21.6 Å². The summed E-state index contributed by atoms with van der Waals surface area (Å²) in [6.07, 6.45) is 0. The van der Waals surface area contributed by atoms with Gasteiger partial charge in [0.15, 0.2) is 0 Å². The minimum absolute atomic E-state index is 0.534. The van der Waals surface area contributed by atoms with Crippen LogP contribution in [0.4, 0.5) is 5.69 Å². The molecule has 1 unspecified atom stereocenters. The lowest BCUT2D eigenvalue weighted by molar-refractivity contribution is 0.504. The molecule has 0 radical (unpaired) electrons. The number of nitrogens with zero attached hydrogens (tertiary/aromatic N) is 1. The Labute approximate surface area is 114 Å². The Kier molecular flexibility index (Phi) is 5.47. The highest BCUT2D eigenvalue weighted by molar-refractivity contribution is 9.10. The fourth-order valence-corrected chi connectivity index (χ4v) is 2.31.